The minimum Gasteiger partial charge on any atom is -0.481 e. The highest BCUT2D eigenvalue weighted by atomic mass is 32.2. The van der Waals surface area contributed by atoms with E-state index in [-0.39, 0.29) is 12.8 Å². The summed E-state index contributed by atoms with van der Waals surface area (Å²) in [5, 5.41) is 16.6. The molecule has 0 radical (unpaired) electrons. The molecule has 1 atom stereocenters. The van der Waals surface area contributed by atoms with E-state index < -0.39 is 33.3 Å². The van der Waals surface area contributed by atoms with Crippen molar-refractivity contribution in [3.63, 3.8) is 0 Å². The molecule has 8 heteroatoms. The number of carboxylic acid groups (broad SMARTS) is 2. The van der Waals surface area contributed by atoms with Gasteiger partial charge in [-0.3, -0.25) is 9.59 Å². The van der Waals surface area contributed by atoms with E-state index in [4.69, 9.17) is 10.2 Å². The summed E-state index contributed by atoms with van der Waals surface area (Å²) in [6.07, 6.45) is 0.419. The Labute approximate surface area is 92.5 Å². The second-order valence-electron chi connectivity index (χ2n) is 3.69. The first kappa shape index (κ1) is 12.9. The van der Waals surface area contributed by atoms with E-state index in [0.29, 0.717) is 12.8 Å². The average Bonchev–Trinajstić information content (AvgIpc) is 2.94. The van der Waals surface area contributed by atoms with Crippen molar-refractivity contribution in [1.82, 2.24) is 4.72 Å². The maximum absolute atomic E-state index is 11.4. The van der Waals surface area contributed by atoms with Gasteiger partial charge in [-0.1, -0.05) is 0 Å². The van der Waals surface area contributed by atoms with Gasteiger partial charge in [-0.05, 0) is 19.3 Å². The molecule has 0 aromatic heterocycles. The Balaban J connectivity index is 2.57. The molecule has 0 heterocycles. The van der Waals surface area contributed by atoms with Crippen LogP contribution in [0.4, 0.5) is 0 Å². The predicted molar refractivity (Wildman–Crippen MR) is 53.4 cm³/mol. The Bertz CT molecular complexity index is 385. The van der Waals surface area contributed by atoms with Crippen LogP contribution in [0.2, 0.25) is 0 Å². The van der Waals surface area contributed by atoms with Gasteiger partial charge < -0.3 is 10.2 Å². The molecular formula is C8H13NO6S. The van der Waals surface area contributed by atoms with Crippen LogP contribution in [-0.2, 0) is 19.6 Å². The Hall–Kier alpha value is -1.15. The van der Waals surface area contributed by atoms with Crippen LogP contribution in [0.1, 0.15) is 25.7 Å². The average molecular weight is 251 g/mol. The van der Waals surface area contributed by atoms with Gasteiger partial charge in [0, 0.05) is 6.42 Å². The molecule has 0 aromatic carbocycles. The summed E-state index contributed by atoms with van der Waals surface area (Å²) in [7, 11) is -3.60. The Morgan fingerprint density at radius 3 is 2.25 bits per heavy atom. The zero-order valence-corrected chi connectivity index (χ0v) is 9.24. The van der Waals surface area contributed by atoms with Gasteiger partial charge in [0.25, 0.3) is 0 Å². The molecule has 0 spiro atoms. The molecule has 92 valence electrons. The van der Waals surface area contributed by atoms with E-state index in [1.165, 1.54) is 0 Å². The second kappa shape index (κ2) is 4.79. The van der Waals surface area contributed by atoms with Crippen LogP contribution in [0.25, 0.3) is 0 Å². The fraction of sp³-hybridized carbons (Fsp3) is 0.750. The molecule has 1 aliphatic rings. The highest BCUT2D eigenvalue weighted by Gasteiger charge is 2.38. The van der Waals surface area contributed by atoms with E-state index in [2.05, 4.69) is 0 Å². The van der Waals surface area contributed by atoms with E-state index in [9.17, 15) is 18.0 Å². The van der Waals surface area contributed by atoms with Crippen LogP contribution in [0.15, 0.2) is 0 Å². The molecule has 0 saturated heterocycles. The molecule has 1 rings (SSSR count). The quantitative estimate of drug-likeness (QED) is 0.555. The maximum Gasteiger partial charge on any atom is 0.321 e. The van der Waals surface area contributed by atoms with Gasteiger partial charge in [0.2, 0.25) is 10.0 Å². The Morgan fingerprint density at radius 1 is 1.31 bits per heavy atom. The number of hydrogen-bond acceptors (Lipinski definition) is 4. The molecule has 0 amide bonds. The molecule has 0 bridgehead atoms. The fourth-order valence-electron chi connectivity index (χ4n) is 1.17. The summed E-state index contributed by atoms with van der Waals surface area (Å²) in [4.78, 5) is 21.0. The normalized spacial score (nSPS) is 18.0. The minimum absolute atomic E-state index is 0.253. The lowest BCUT2D eigenvalue weighted by Crippen LogP contribution is -2.42. The smallest absolute Gasteiger partial charge is 0.321 e. The first-order valence-corrected chi connectivity index (χ1v) is 6.33. The third kappa shape index (κ3) is 3.78. The van der Waals surface area contributed by atoms with Crippen LogP contribution in [0, 0.1) is 0 Å². The number of rotatable bonds is 7. The first-order valence-electron chi connectivity index (χ1n) is 4.78. The van der Waals surface area contributed by atoms with Crippen LogP contribution in [0.5, 0.6) is 0 Å². The zero-order valence-electron chi connectivity index (χ0n) is 8.42. The monoisotopic (exact) mass is 251 g/mol. The number of carbonyl (C=O) groups is 2. The summed E-state index contributed by atoms with van der Waals surface area (Å²) in [6.45, 7) is 0. The third-order valence-electron chi connectivity index (χ3n) is 2.21. The van der Waals surface area contributed by atoms with Gasteiger partial charge in [-0.25, -0.2) is 13.1 Å². The van der Waals surface area contributed by atoms with Crippen molar-refractivity contribution in [2.75, 3.05) is 0 Å². The van der Waals surface area contributed by atoms with Crippen LogP contribution in [0.3, 0.4) is 0 Å². The summed E-state index contributed by atoms with van der Waals surface area (Å²) in [6, 6.07) is -1.36. The molecule has 16 heavy (non-hydrogen) atoms. The van der Waals surface area contributed by atoms with Gasteiger partial charge in [0.05, 0.1) is 5.25 Å². The minimum atomic E-state index is -3.60. The molecule has 7 nitrogen and oxygen atoms in total. The van der Waals surface area contributed by atoms with E-state index >= 15 is 0 Å². The standard InChI is InChI=1S/C8H13NO6S/c10-7(11)4-3-6(8(12)13)9-16(14,15)5-1-2-5/h5-6,9H,1-4H2,(H,10,11)(H,12,13). The molecule has 0 aromatic rings. The third-order valence-corrected chi connectivity index (χ3v) is 4.18. The van der Waals surface area contributed by atoms with E-state index in [1.54, 1.807) is 0 Å². The van der Waals surface area contributed by atoms with Crippen LogP contribution >= 0.6 is 0 Å². The molecule has 1 saturated carbocycles. The maximum atomic E-state index is 11.4. The first-order chi connectivity index (χ1) is 7.33. The van der Waals surface area contributed by atoms with E-state index in [1.807, 2.05) is 4.72 Å². The van der Waals surface area contributed by atoms with Crippen LogP contribution < -0.4 is 4.72 Å². The second-order valence-corrected chi connectivity index (χ2v) is 5.68. The Morgan fingerprint density at radius 2 is 1.88 bits per heavy atom. The summed E-state index contributed by atoms with van der Waals surface area (Å²) >= 11 is 0. The summed E-state index contributed by atoms with van der Waals surface area (Å²) in [5.74, 6) is -2.51. The number of aliphatic carboxylic acids is 2. The molecular weight excluding hydrogens is 238 g/mol. The highest BCUT2D eigenvalue weighted by Crippen LogP contribution is 2.27. The molecule has 1 unspecified atom stereocenters. The number of carboxylic acids is 2. The van der Waals surface area contributed by atoms with Crippen molar-refractivity contribution in [3.05, 3.63) is 0 Å². The number of sulfonamides is 1. The number of nitrogens with one attached hydrogen (secondary N) is 1. The van der Waals surface area contributed by atoms with Gasteiger partial charge >= 0.3 is 11.9 Å². The highest BCUT2D eigenvalue weighted by molar-refractivity contribution is 7.90. The van der Waals surface area contributed by atoms with Crippen molar-refractivity contribution in [2.24, 2.45) is 0 Å². The molecule has 1 aliphatic carbocycles. The van der Waals surface area contributed by atoms with Crippen molar-refractivity contribution >= 4 is 22.0 Å². The lowest BCUT2D eigenvalue weighted by atomic mass is 10.2. The lowest BCUT2D eigenvalue weighted by Gasteiger charge is -2.13. The molecule has 3 N–H and O–H groups in total. The van der Waals surface area contributed by atoms with Crippen molar-refractivity contribution < 1.29 is 28.2 Å². The molecule has 1 fully saturated rings. The van der Waals surface area contributed by atoms with Gasteiger partial charge in [0.15, 0.2) is 0 Å². The fourth-order valence-corrected chi connectivity index (χ4v) is 2.74. The number of hydrogen-bond donors (Lipinski definition) is 3. The predicted octanol–water partition coefficient (Wildman–Crippen LogP) is -0.614. The van der Waals surface area contributed by atoms with E-state index in [0.717, 1.165) is 0 Å². The molecule has 0 aliphatic heterocycles. The van der Waals surface area contributed by atoms with Crippen molar-refractivity contribution in [1.29, 1.82) is 0 Å². The van der Waals surface area contributed by atoms with Crippen molar-refractivity contribution in [2.45, 2.75) is 37.0 Å². The summed E-state index contributed by atoms with van der Waals surface area (Å²) < 4.78 is 24.9. The Kier molecular flexibility index (Phi) is 3.87. The largest absolute Gasteiger partial charge is 0.481 e. The van der Waals surface area contributed by atoms with Crippen molar-refractivity contribution in [3.8, 4) is 0 Å². The summed E-state index contributed by atoms with van der Waals surface area (Å²) in [5.41, 5.74) is 0. The lowest BCUT2D eigenvalue weighted by molar-refractivity contribution is -0.140. The SMILES string of the molecule is O=C(O)CCC(NS(=O)(=O)C1CC1)C(=O)O. The van der Waals surface area contributed by atoms with Crippen LogP contribution in [-0.4, -0.2) is 41.9 Å². The van der Waals surface area contributed by atoms with Gasteiger partial charge in [-0.2, -0.15) is 0 Å². The van der Waals surface area contributed by atoms with Gasteiger partial charge in [-0.15, -0.1) is 0 Å². The van der Waals surface area contributed by atoms with Gasteiger partial charge in [0.1, 0.15) is 6.04 Å². The topological polar surface area (TPSA) is 121 Å². The zero-order chi connectivity index (χ0) is 12.3.